The van der Waals surface area contributed by atoms with Gasteiger partial charge in [0.25, 0.3) is 5.91 Å². The molecule has 2 aromatic carbocycles. The van der Waals surface area contributed by atoms with Crippen molar-refractivity contribution in [2.45, 2.75) is 51.4 Å². The van der Waals surface area contributed by atoms with Gasteiger partial charge in [-0.2, -0.15) is 36.4 Å². The van der Waals surface area contributed by atoms with Gasteiger partial charge in [0, 0.05) is 25.0 Å². The first-order valence-electron chi connectivity index (χ1n) is 14.1. The number of nitrogens with zero attached hydrogens (tertiary/aromatic N) is 4. The lowest BCUT2D eigenvalue weighted by atomic mass is 10.0. The van der Waals surface area contributed by atoms with Crippen LogP contribution in [-0.2, 0) is 33.2 Å². The van der Waals surface area contributed by atoms with Gasteiger partial charge < -0.3 is 19.7 Å². The van der Waals surface area contributed by atoms with E-state index in [9.17, 15) is 35.9 Å². The van der Waals surface area contributed by atoms with Crippen LogP contribution in [0.4, 0.5) is 31.1 Å². The number of morpholine rings is 1. The summed E-state index contributed by atoms with van der Waals surface area (Å²) in [4.78, 5) is 31.2. The van der Waals surface area contributed by atoms with Crippen molar-refractivity contribution in [3.63, 3.8) is 0 Å². The number of carbonyl (C=O) groups is 2. The second kappa shape index (κ2) is 12.6. The molecule has 0 radical (unpaired) electrons. The van der Waals surface area contributed by atoms with Crippen LogP contribution in [0.1, 0.15) is 43.0 Å². The molecule has 0 aliphatic carbocycles. The molecule has 3 aromatic rings. The maximum absolute atomic E-state index is 13.6. The van der Waals surface area contributed by atoms with Gasteiger partial charge in [0.2, 0.25) is 0 Å². The second-order valence-electron chi connectivity index (χ2n) is 11.6. The van der Waals surface area contributed by atoms with Crippen LogP contribution in [0.25, 0.3) is 17.0 Å². The molecule has 3 heterocycles. The van der Waals surface area contributed by atoms with E-state index < -0.39 is 47.6 Å². The smallest absolute Gasteiger partial charge is 0.416 e. The lowest BCUT2D eigenvalue weighted by Gasteiger charge is -2.33. The van der Waals surface area contributed by atoms with Gasteiger partial charge in [0.05, 0.1) is 47.0 Å². The Hall–Kier alpha value is -4.05. The third-order valence-corrected chi connectivity index (χ3v) is 7.96. The average Bonchev–Trinajstić information content (AvgIpc) is 3.52. The molecule has 9 nitrogen and oxygen atoms in total. The number of amidine groups is 1. The van der Waals surface area contributed by atoms with Gasteiger partial charge in [-0.1, -0.05) is 12.1 Å². The summed E-state index contributed by atoms with van der Waals surface area (Å²) < 4.78 is 92.4. The molecule has 2 aliphatic rings. The average molecular weight is 670 g/mol. The van der Waals surface area contributed by atoms with Crippen molar-refractivity contribution in [2.24, 2.45) is 4.99 Å². The van der Waals surface area contributed by atoms with E-state index in [2.05, 4.69) is 15.4 Å². The number of aromatic nitrogens is 2. The standard InChI is InChI=1S/C30H29F6N5O4S/c1-28(2,3)45-27(43)37-14-21-16-40(8-9-44-21)26-39-25(42)24(46-26)11-17-4-7-23-19(10-17)13-38-41(23)15-18-5-6-20(29(31,32)33)12-22(18)30(34,35)36/h4-7,10-13,21H,8-9,14-16H2,1-3H3,(H,37,43). The molecular weight excluding hydrogens is 640 g/mol. The minimum atomic E-state index is -5.00. The molecule has 1 fully saturated rings. The van der Waals surface area contributed by atoms with Crippen molar-refractivity contribution in [3.8, 4) is 0 Å². The summed E-state index contributed by atoms with van der Waals surface area (Å²) in [6, 6.07) is 6.50. The lowest BCUT2D eigenvalue weighted by Crippen LogP contribution is -2.49. The number of hydrogen-bond acceptors (Lipinski definition) is 7. The summed E-state index contributed by atoms with van der Waals surface area (Å²) in [7, 11) is 0. The minimum absolute atomic E-state index is 0.107. The van der Waals surface area contributed by atoms with E-state index in [1.165, 1.54) is 22.6 Å². The zero-order chi connectivity index (χ0) is 33.4. The van der Waals surface area contributed by atoms with Gasteiger partial charge in [-0.25, -0.2) is 4.79 Å². The number of amides is 2. The third kappa shape index (κ3) is 8.02. The van der Waals surface area contributed by atoms with E-state index >= 15 is 0 Å². The number of halogens is 6. The summed E-state index contributed by atoms with van der Waals surface area (Å²) in [5, 5.41) is 7.89. The number of benzene rings is 2. The highest BCUT2D eigenvalue weighted by Crippen LogP contribution is 2.38. The number of alkyl halides is 6. The molecule has 1 aromatic heterocycles. The molecule has 2 amide bonds. The monoisotopic (exact) mass is 669 g/mol. The Morgan fingerprint density at radius 3 is 2.57 bits per heavy atom. The summed E-state index contributed by atoms with van der Waals surface area (Å²) in [6.45, 7) is 6.34. The molecule has 0 saturated carbocycles. The molecule has 46 heavy (non-hydrogen) atoms. The van der Waals surface area contributed by atoms with Gasteiger partial charge in [0.15, 0.2) is 5.17 Å². The van der Waals surface area contributed by atoms with E-state index in [4.69, 9.17) is 9.47 Å². The molecule has 0 bridgehead atoms. The van der Waals surface area contributed by atoms with Gasteiger partial charge >= 0.3 is 18.4 Å². The van der Waals surface area contributed by atoms with Crippen LogP contribution in [0, 0.1) is 0 Å². The van der Waals surface area contributed by atoms with E-state index in [0.717, 1.165) is 6.07 Å². The SMILES string of the molecule is CC(C)(C)OC(=O)NCC1CN(C2=NC(=O)C(=Cc3ccc4c(cnn4Cc4ccc(C(F)(F)F)cc4C(F)(F)F)c3)S2)CCO1. The number of carbonyl (C=O) groups excluding carboxylic acids is 2. The maximum atomic E-state index is 13.6. The molecule has 246 valence electrons. The van der Waals surface area contributed by atoms with Crippen LogP contribution in [-0.4, -0.2) is 69.8 Å². The Morgan fingerprint density at radius 2 is 1.87 bits per heavy atom. The molecule has 1 unspecified atom stereocenters. The van der Waals surface area contributed by atoms with Crippen molar-refractivity contribution in [1.82, 2.24) is 20.0 Å². The Labute approximate surface area is 263 Å². The Bertz CT molecular complexity index is 1710. The van der Waals surface area contributed by atoms with Crippen molar-refractivity contribution in [3.05, 3.63) is 69.8 Å². The van der Waals surface area contributed by atoms with Crippen LogP contribution >= 0.6 is 11.8 Å². The highest BCUT2D eigenvalue weighted by atomic mass is 32.2. The Balaban J connectivity index is 1.26. The fraction of sp³-hybridized carbons (Fsp3) is 0.400. The normalized spacial score (nSPS) is 18.8. The molecule has 1 saturated heterocycles. The predicted octanol–water partition coefficient (Wildman–Crippen LogP) is 6.32. The van der Waals surface area contributed by atoms with Crippen LogP contribution in [0.3, 0.4) is 0 Å². The summed E-state index contributed by atoms with van der Waals surface area (Å²) in [5.41, 5.74) is -2.70. The molecule has 16 heteroatoms. The molecule has 1 atom stereocenters. The first-order chi connectivity index (χ1) is 21.5. The fourth-order valence-corrected chi connectivity index (χ4v) is 5.80. The van der Waals surface area contributed by atoms with Crippen molar-refractivity contribution >= 4 is 45.9 Å². The van der Waals surface area contributed by atoms with Crippen LogP contribution in [0.2, 0.25) is 0 Å². The third-order valence-electron chi connectivity index (χ3n) is 6.92. The minimum Gasteiger partial charge on any atom is -0.444 e. The van der Waals surface area contributed by atoms with E-state index in [1.807, 2.05) is 4.90 Å². The molecule has 5 rings (SSSR count). The zero-order valence-corrected chi connectivity index (χ0v) is 25.6. The summed E-state index contributed by atoms with van der Waals surface area (Å²) >= 11 is 1.19. The van der Waals surface area contributed by atoms with Gasteiger partial charge in [-0.3, -0.25) is 9.48 Å². The van der Waals surface area contributed by atoms with Gasteiger partial charge in [-0.15, -0.1) is 0 Å². The Morgan fingerprint density at radius 1 is 1.11 bits per heavy atom. The topological polar surface area (TPSA) is 98.0 Å². The number of thioether (sulfide) groups is 1. The number of hydrogen-bond donors (Lipinski definition) is 1. The van der Waals surface area contributed by atoms with Crippen LogP contribution < -0.4 is 5.32 Å². The van der Waals surface area contributed by atoms with Crippen molar-refractivity contribution in [1.29, 1.82) is 0 Å². The number of rotatable bonds is 5. The highest BCUT2D eigenvalue weighted by Gasteiger charge is 2.38. The number of alkyl carbamates (subject to hydrolysis) is 1. The first-order valence-corrected chi connectivity index (χ1v) is 14.9. The quantitative estimate of drug-likeness (QED) is 0.251. The largest absolute Gasteiger partial charge is 0.444 e. The molecule has 0 spiro atoms. The Kier molecular flexibility index (Phi) is 9.14. The zero-order valence-electron chi connectivity index (χ0n) is 24.8. The van der Waals surface area contributed by atoms with E-state index in [-0.39, 0.29) is 24.3 Å². The van der Waals surface area contributed by atoms with Gasteiger partial charge in [0.1, 0.15) is 5.60 Å². The lowest BCUT2D eigenvalue weighted by molar-refractivity contribution is -0.143. The van der Waals surface area contributed by atoms with Crippen molar-refractivity contribution < 1.29 is 45.4 Å². The number of nitrogens with one attached hydrogen (secondary N) is 1. The predicted molar refractivity (Wildman–Crippen MR) is 159 cm³/mol. The van der Waals surface area contributed by atoms with Crippen LogP contribution in [0.5, 0.6) is 0 Å². The highest BCUT2D eigenvalue weighted by molar-refractivity contribution is 8.18. The summed E-state index contributed by atoms with van der Waals surface area (Å²) in [5.74, 6) is -0.437. The van der Waals surface area contributed by atoms with Crippen molar-refractivity contribution in [2.75, 3.05) is 26.2 Å². The number of fused-ring (bicyclic) bond motifs is 1. The van der Waals surface area contributed by atoms with E-state index in [0.29, 0.717) is 52.3 Å². The second-order valence-corrected chi connectivity index (χ2v) is 12.6. The maximum Gasteiger partial charge on any atom is 0.416 e. The fourth-order valence-electron chi connectivity index (χ4n) is 4.85. The number of aliphatic imine (C=N–C) groups is 1. The van der Waals surface area contributed by atoms with Crippen LogP contribution in [0.15, 0.2) is 52.5 Å². The first kappa shape index (κ1) is 33.3. The molecular formula is C30H29F6N5O4S. The molecule has 2 aliphatic heterocycles. The number of ether oxygens (including phenoxy) is 2. The summed E-state index contributed by atoms with van der Waals surface area (Å²) in [6.07, 6.45) is -7.75. The molecule has 1 N–H and O–H groups in total. The van der Waals surface area contributed by atoms with Gasteiger partial charge in [-0.05, 0) is 74.0 Å². The van der Waals surface area contributed by atoms with E-state index in [1.54, 1.807) is 45.0 Å².